The Morgan fingerprint density at radius 3 is 2.85 bits per heavy atom. The molecule has 2 aromatic heterocycles. The van der Waals surface area contributed by atoms with E-state index >= 15 is 0 Å². The highest BCUT2D eigenvalue weighted by Gasteiger charge is 2.09. The lowest BCUT2D eigenvalue weighted by molar-refractivity contribution is 0.232. The van der Waals surface area contributed by atoms with Gasteiger partial charge in [0, 0.05) is 25.9 Å². The Morgan fingerprint density at radius 2 is 2.20 bits per heavy atom. The lowest BCUT2D eigenvalue weighted by Crippen LogP contribution is -2.22. The minimum atomic E-state index is 0.0494. The Bertz CT molecular complexity index is 540. The number of anilines is 2. The lowest BCUT2D eigenvalue weighted by atomic mass is 10.2. The smallest absolute Gasteiger partial charge is 0.225 e. The molecule has 108 valence electrons. The van der Waals surface area contributed by atoms with Gasteiger partial charge in [-0.2, -0.15) is 15.1 Å². The van der Waals surface area contributed by atoms with Crippen LogP contribution < -0.4 is 15.4 Å². The summed E-state index contributed by atoms with van der Waals surface area (Å²) in [4.78, 5) is 10.3. The summed E-state index contributed by atoms with van der Waals surface area (Å²) < 4.78 is 5.56. The molecule has 0 saturated heterocycles. The van der Waals surface area contributed by atoms with Gasteiger partial charge in [-0.05, 0) is 25.8 Å². The highest BCUT2D eigenvalue weighted by Crippen LogP contribution is 2.18. The minimum absolute atomic E-state index is 0.0494. The topological polar surface area (TPSA) is 93.0 Å². The predicted molar refractivity (Wildman–Crippen MR) is 77.8 cm³/mol. The number of nitrogen functional groups attached to an aromatic ring is 1. The van der Waals surface area contributed by atoms with Crippen LogP contribution in [0, 0.1) is 0 Å². The van der Waals surface area contributed by atoms with Gasteiger partial charge in [-0.25, -0.2) is 0 Å². The summed E-state index contributed by atoms with van der Waals surface area (Å²) in [7, 11) is 1.96. The fraction of sp³-hybridized carbons (Fsp3) is 0.462. The third-order valence-electron chi connectivity index (χ3n) is 2.74. The number of H-pyrrole nitrogens is 1. The Morgan fingerprint density at radius 1 is 1.40 bits per heavy atom. The number of rotatable bonds is 6. The van der Waals surface area contributed by atoms with E-state index in [0.29, 0.717) is 5.88 Å². The number of nitrogens with zero attached hydrogens (tertiary/aromatic N) is 4. The predicted octanol–water partition coefficient (Wildman–Crippen LogP) is 1.25. The molecule has 2 heterocycles. The second-order valence-electron chi connectivity index (χ2n) is 4.87. The SMILES string of the molecule is CC(C)Oc1cc(N(C)CCc2cn[nH]c2)nc(N)n1. The van der Waals surface area contributed by atoms with Gasteiger partial charge in [0.15, 0.2) is 0 Å². The first-order valence-electron chi connectivity index (χ1n) is 6.54. The third-order valence-corrected chi connectivity index (χ3v) is 2.74. The normalized spacial score (nSPS) is 10.8. The van der Waals surface area contributed by atoms with Crippen LogP contribution in [0.1, 0.15) is 19.4 Å². The molecule has 0 aromatic carbocycles. The van der Waals surface area contributed by atoms with Crippen LogP contribution in [0.2, 0.25) is 0 Å². The first-order valence-corrected chi connectivity index (χ1v) is 6.54. The van der Waals surface area contributed by atoms with E-state index in [1.165, 1.54) is 0 Å². The van der Waals surface area contributed by atoms with Crippen LogP contribution >= 0.6 is 0 Å². The van der Waals surface area contributed by atoms with Gasteiger partial charge in [0.2, 0.25) is 11.8 Å². The molecule has 0 spiro atoms. The summed E-state index contributed by atoms with van der Waals surface area (Å²) >= 11 is 0. The van der Waals surface area contributed by atoms with Crippen LogP contribution in [-0.2, 0) is 6.42 Å². The van der Waals surface area contributed by atoms with Gasteiger partial charge in [0.05, 0.1) is 12.3 Å². The van der Waals surface area contributed by atoms with E-state index < -0.39 is 0 Å². The first-order chi connectivity index (χ1) is 9.54. The molecule has 7 heteroatoms. The molecule has 0 aliphatic rings. The molecule has 7 nitrogen and oxygen atoms in total. The summed E-state index contributed by atoms with van der Waals surface area (Å²) in [6, 6.07) is 1.80. The quantitative estimate of drug-likeness (QED) is 0.824. The number of aromatic amines is 1. The van der Waals surface area contributed by atoms with Crippen molar-refractivity contribution in [1.82, 2.24) is 20.2 Å². The molecule has 0 amide bonds. The molecule has 3 N–H and O–H groups in total. The molecule has 0 fully saturated rings. The Balaban J connectivity index is 2.04. The van der Waals surface area contributed by atoms with Gasteiger partial charge in [-0.3, -0.25) is 5.10 Å². The van der Waals surface area contributed by atoms with Gasteiger partial charge >= 0.3 is 0 Å². The van der Waals surface area contributed by atoms with Crippen LogP contribution in [0.3, 0.4) is 0 Å². The number of nitrogens with two attached hydrogens (primary N) is 1. The van der Waals surface area contributed by atoms with Crippen molar-refractivity contribution in [2.45, 2.75) is 26.4 Å². The lowest BCUT2D eigenvalue weighted by Gasteiger charge is -2.19. The number of nitrogens with one attached hydrogen (secondary N) is 1. The maximum absolute atomic E-state index is 5.72. The molecule has 0 bridgehead atoms. The van der Waals surface area contributed by atoms with Gasteiger partial charge < -0.3 is 15.4 Å². The highest BCUT2D eigenvalue weighted by atomic mass is 16.5. The van der Waals surface area contributed by atoms with Crippen molar-refractivity contribution in [1.29, 1.82) is 0 Å². The molecule has 0 unspecified atom stereocenters. The fourth-order valence-electron chi connectivity index (χ4n) is 1.75. The summed E-state index contributed by atoms with van der Waals surface area (Å²) in [5, 5.41) is 6.72. The number of aromatic nitrogens is 4. The summed E-state index contributed by atoms with van der Waals surface area (Å²) in [6.45, 7) is 4.69. The molecule has 2 rings (SSSR count). The van der Waals surface area contributed by atoms with E-state index in [9.17, 15) is 0 Å². The van der Waals surface area contributed by atoms with Crippen LogP contribution in [-0.4, -0.2) is 39.9 Å². The number of ether oxygens (including phenoxy) is 1. The molecule has 0 saturated carbocycles. The zero-order chi connectivity index (χ0) is 14.5. The average molecular weight is 276 g/mol. The van der Waals surface area contributed by atoms with E-state index in [4.69, 9.17) is 10.5 Å². The molecular formula is C13H20N6O. The van der Waals surface area contributed by atoms with Gasteiger partial charge in [0.1, 0.15) is 5.82 Å². The largest absolute Gasteiger partial charge is 0.475 e. The molecule has 20 heavy (non-hydrogen) atoms. The summed E-state index contributed by atoms with van der Waals surface area (Å²) in [5.41, 5.74) is 6.87. The Labute approximate surface area is 118 Å². The average Bonchev–Trinajstić information content (AvgIpc) is 2.87. The molecule has 0 aliphatic carbocycles. The monoisotopic (exact) mass is 276 g/mol. The standard InChI is InChI=1S/C13H20N6O/c1-9(2)20-12-6-11(17-13(14)18-12)19(3)5-4-10-7-15-16-8-10/h6-9H,4-5H2,1-3H3,(H,15,16)(H2,14,17,18). The second-order valence-corrected chi connectivity index (χ2v) is 4.87. The summed E-state index contributed by atoms with van der Waals surface area (Å²) in [5.74, 6) is 1.46. The van der Waals surface area contributed by atoms with Crippen molar-refractivity contribution < 1.29 is 4.74 Å². The third kappa shape index (κ3) is 3.84. The van der Waals surface area contributed by atoms with Crippen molar-refractivity contribution >= 4 is 11.8 Å². The van der Waals surface area contributed by atoms with E-state index in [0.717, 1.165) is 24.3 Å². The maximum atomic E-state index is 5.72. The van der Waals surface area contributed by atoms with Crippen molar-refractivity contribution in [3.63, 3.8) is 0 Å². The van der Waals surface area contributed by atoms with Crippen molar-refractivity contribution in [3.05, 3.63) is 24.0 Å². The molecule has 2 aromatic rings. The van der Waals surface area contributed by atoms with Gasteiger partial charge in [0.25, 0.3) is 0 Å². The minimum Gasteiger partial charge on any atom is -0.475 e. The number of likely N-dealkylation sites (N-methyl/N-ethyl adjacent to an activating group) is 1. The fourth-order valence-corrected chi connectivity index (χ4v) is 1.75. The number of hydrogen-bond acceptors (Lipinski definition) is 6. The van der Waals surface area contributed by atoms with Crippen LogP contribution in [0.4, 0.5) is 11.8 Å². The van der Waals surface area contributed by atoms with Crippen LogP contribution in [0.5, 0.6) is 5.88 Å². The molecule has 0 atom stereocenters. The molecule has 0 aliphatic heterocycles. The zero-order valence-corrected chi connectivity index (χ0v) is 12.0. The molecular weight excluding hydrogens is 256 g/mol. The van der Waals surface area contributed by atoms with E-state index in [1.807, 2.05) is 38.2 Å². The highest BCUT2D eigenvalue weighted by molar-refractivity contribution is 5.44. The first kappa shape index (κ1) is 14.1. The van der Waals surface area contributed by atoms with Crippen LogP contribution in [0.25, 0.3) is 0 Å². The van der Waals surface area contributed by atoms with E-state index in [2.05, 4.69) is 20.2 Å². The zero-order valence-electron chi connectivity index (χ0n) is 12.0. The number of hydrogen-bond donors (Lipinski definition) is 2. The Hall–Kier alpha value is -2.31. The van der Waals surface area contributed by atoms with Crippen molar-refractivity contribution in [2.24, 2.45) is 0 Å². The van der Waals surface area contributed by atoms with Crippen LogP contribution in [0.15, 0.2) is 18.5 Å². The van der Waals surface area contributed by atoms with Crippen molar-refractivity contribution in [3.8, 4) is 5.88 Å². The van der Waals surface area contributed by atoms with E-state index in [-0.39, 0.29) is 12.1 Å². The molecule has 0 radical (unpaired) electrons. The maximum Gasteiger partial charge on any atom is 0.225 e. The van der Waals surface area contributed by atoms with Gasteiger partial charge in [-0.15, -0.1) is 0 Å². The van der Waals surface area contributed by atoms with Gasteiger partial charge in [-0.1, -0.05) is 0 Å². The second kappa shape index (κ2) is 6.23. The van der Waals surface area contributed by atoms with Crippen molar-refractivity contribution in [2.75, 3.05) is 24.2 Å². The summed E-state index contributed by atoms with van der Waals surface area (Å²) in [6.07, 6.45) is 4.62. The Kier molecular flexibility index (Phi) is 4.39. The van der Waals surface area contributed by atoms with E-state index in [1.54, 1.807) is 6.07 Å².